The van der Waals surface area contributed by atoms with Crippen molar-refractivity contribution in [2.45, 2.75) is 25.8 Å². The van der Waals surface area contributed by atoms with Crippen molar-refractivity contribution < 1.29 is 18.7 Å². The normalized spacial score (nSPS) is 16.7. The zero-order valence-corrected chi connectivity index (χ0v) is 20.1. The Kier molecular flexibility index (Phi) is 6.01. The Morgan fingerprint density at radius 1 is 1.06 bits per heavy atom. The highest BCUT2D eigenvalue weighted by Gasteiger charge is 2.42. The summed E-state index contributed by atoms with van der Waals surface area (Å²) in [7, 11) is 1.39. The standard InChI is InChI=1S/C28H25FN4O3/c1-16-8-7-9-19(14-16)27(34)30-25-24(18-12-13-22(36-3)21(29)15-18)23-17(2)32-33(26(23)31-28(25)35)20-10-5-4-6-11-20/h4-15,24-25H,1-3H3,(H,30,34)(H,31,35)/t24-,25+/m0/s1. The second-order valence-electron chi connectivity index (χ2n) is 8.78. The summed E-state index contributed by atoms with van der Waals surface area (Å²) in [4.78, 5) is 26.7. The molecule has 7 nitrogen and oxygen atoms in total. The molecule has 4 aromatic rings. The summed E-state index contributed by atoms with van der Waals surface area (Å²) in [5, 5.41) is 10.5. The molecule has 0 spiro atoms. The van der Waals surface area contributed by atoms with Crippen LogP contribution >= 0.6 is 0 Å². The molecule has 0 radical (unpaired) electrons. The van der Waals surface area contributed by atoms with E-state index in [0.29, 0.717) is 28.2 Å². The number of benzene rings is 3. The van der Waals surface area contributed by atoms with Crippen LogP contribution in [0.3, 0.4) is 0 Å². The van der Waals surface area contributed by atoms with Crippen LogP contribution < -0.4 is 15.4 Å². The van der Waals surface area contributed by atoms with Gasteiger partial charge in [-0.1, -0.05) is 42.0 Å². The molecule has 0 unspecified atom stereocenters. The minimum Gasteiger partial charge on any atom is -0.494 e. The lowest BCUT2D eigenvalue weighted by Gasteiger charge is -2.33. The maximum absolute atomic E-state index is 14.8. The van der Waals surface area contributed by atoms with Gasteiger partial charge in [0.05, 0.1) is 18.5 Å². The third-order valence-electron chi connectivity index (χ3n) is 6.38. The molecule has 0 saturated heterocycles. The van der Waals surface area contributed by atoms with E-state index >= 15 is 0 Å². The summed E-state index contributed by atoms with van der Waals surface area (Å²) in [6.45, 7) is 3.72. The number of nitrogens with one attached hydrogen (secondary N) is 2. The van der Waals surface area contributed by atoms with Gasteiger partial charge in [-0.25, -0.2) is 9.07 Å². The van der Waals surface area contributed by atoms with Crippen LogP contribution in [-0.4, -0.2) is 34.7 Å². The van der Waals surface area contributed by atoms with Gasteiger partial charge < -0.3 is 15.4 Å². The number of ether oxygens (including phenoxy) is 1. The summed E-state index contributed by atoms with van der Waals surface area (Å²) < 4.78 is 21.6. The van der Waals surface area contributed by atoms with E-state index in [2.05, 4.69) is 15.7 Å². The SMILES string of the molecule is COc1ccc([C@H]2c3c(C)nn(-c4ccccc4)c3NC(=O)[C@@H]2NC(=O)c2cccc(C)c2)cc1F. The maximum Gasteiger partial charge on any atom is 0.251 e. The van der Waals surface area contributed by atoms with Crippen molar-refractivity contribution in [1.82, 2.24) is 15.1 Å². The number of carbonyl (C=O) groups excluding carboxylic acids is 2. The Bertz CT molecular complexity index is 1470. The van der Waals surface area contributed by atoms with Crippen molar-refractivity contribution in [2.24, 2.45) is 0 Å². The summed E-state index contributed by atoms with van der Waals surface area (Å²) in [5.74, 6) is -1.46. The number of methoxy groups -OCH3 is 1. The molecular weight excluding hydrogens is 459 g/mol. The Morgan fingerprint density at radius 2 is 1.83 bits per heavy atom. The van der Waals surface area contributed by atoms with Gasteiger partial charge in [0.25, 0.3) is 5.91 Å². The van der Waals surface area contributed by atoms with E-state index in [4.69, 9.17) is 4.74 Å². The molecule has 2 heterocycles. The van der Waals surface area contributed by atoms with Gasteiger partial charge >= 0.3 is 0 Å². The average molecular weight is 485 g/mol. The minimum atomic E-state index is -0.995. The molecule has 2 N–H and O–H groups in total. The number of fused-ring (bicyclic) bond motifs is 1. The highest BCUT2D eigenvalue weighted by atomic mass is 19.1. The van der Waals surface area contributed by atoms with Crippen molar-refractivity contribution in [2.75, 3.05) is 12.4 Å². The number of halogens is 1. The number of amides is 2. The Morgan fingerprint density at radius 3 is 2.53 bits per heavy atom. The van der Waals surface area contributed by atoms with Crippen LogP contribution in [0.4, 0.5) is 10.2 Å². The number of rotatable bonds is 5. The predicted molar refractivity (Wildman–Crippen MR) is 134 cm³/mol. The maximum atomic E-state index is 14.8. The number of hydrogen-bond acceptors (Lipinski definition) is 4. The van der Waals surface area contributed by atoms with Crippen LogP contribution in [0.2, 0.25) is 0 Å². The molecule has 0 saturated carbocycles. The number of hydrogen-bond donors (Lipinski definition) is 2. The second-order valence-corrected chi connectivity index (χ2v) is 8.78. The van der Waals surface area contributed by atoms with Crippen LogP contribution in [-0.2, 0) is 4.79 Å². The van der Waals surface area contributed by atoms with Gasteiger partial charge in [0.2, 0.25) is 5.91 Å². The molecule has 8 heteroatoms. The largest absolute Gasteiger partial charge is 0.494 e. The van der Waals surface area contributed by atoms with Gasteiger partial charge in [0.1, 0.15) is 11.9 Å². The smallest absolute Gasteiger partial charge is 0.251 e. The molecule has 5 rings (SSSR count). The Hall–Kier alpha value is -4.46. The molecule has 1 aromatic heterocycles. The number of nitrogens with zero attached hydrogens (tertiary/aromatic N) is 2. The van der Waals surface area contributed by atoms with E-state index in [1.165, 1.54) is 19.2 Å². The molecule has 182 valence electrons. The monoisotopic (exact) mass is 484 g/mol. The van der Waals surface area contributed by atoms with Crippen molar-refractivity contribution in [3.63, 3.8) is 0 Å². The fourth-order valence-corrected chi connectivity index (χ4v) is 4.70. The van der Waals surface area contributed by atoms with Crippen LogP contribution in [0, 0.1) is 19.7 Å². The fraction of sp³-hybridized carbons (Fsp3) is 0.179. The van der Waals surface area contributed by atoms with Gasteiger partial charge in [0, 0.05) is 17.0 Å². The summed E-state index contributed by atoms with van der Waals surface area (Å²) >= 11 is 0. The molecule has 0 aliphatic carbocycles. The van der Waals surface area contributed by atoms with Gasteiger partial charge in [0.15, 0.2) is 11.6 Å². The van der Waals surface area contributed by atoms with E-state index in [0.717, 1.165) is 11.3 Å². The lowest BCUT2D eigenvalue weighted by atomic mass is 9.81. The van der Waals surface area contributed by atoms with Crippen molar-refractivity contribution in [3.05, 3.63) is 107 Å². The van der Waals surface area contributed by atoms with Gasteiger partial charge in [-0.2, -0.15) is 5.10 Å². The number of aryl methyl sites for hydroxylation is 2. The topological polar surface area (TPSA) is 85.2 Å². The van der Waals surface area contributed by atoms with Crippen LogP contribution in [0.5, 0.6) is 5.75 Å². The molecule has 0 fully saturated rings. The van der Waals surface area contributed by atoms with E-state index in [1.807, 2.05) is 50.2 Å². The highest BCUT2D eigenvalue weighted by molar-refractivity contribution is 6.04. The van der Waals surface area contributed by atoms with E-state index in [1.54, 1.807) is 28.9 Å². The first-order valence-corrected chi connectivity index (χ1v) is 11.5. The molecule has 3 aromatic carbocycles. The summed E-state index contributed by atoms with van der Waals surface area (Å²) in [5.41, 5.74) is 4.01. The van der Waals surface area contributed by atoms with Crippen LogP contribution in [0.1, 0.15) is 38.7 Å². The zero-order valence-electron chi connectivity index (χ0n) is 20.1. The first-order valence-electron chi connectivity index (χ1n) is 11.5. The van der Waals surface area contributed by atoms with Gasteiger partial charge in [-0.3, -0.25) is 9.59 Å². The third kappa shape index (κ3) is 4.11. The fourth-order valence-electron chi connectivity index (χ4n) is 4.70. The minimum absolute atomic E-state index is 0.0938. The van der Waals surface area contributed by atoms with Crippen molar-refractivity contribution in [1.29, 1.82) is 0 Å². The molecule has 36 heavy (non-hydrogen) atoms. The van der Waals surface area contributed by atoms with E-state index in [9.17, 15) is 14.0 Å². The molecule has 1 aliphatic rings. The molecule has 2 amide bonds. The third-order valence-corrected chi connectivity index (χ3v) is 6.38. The molecule has 1 aliphatic heterocycles. The molecular formula is C28H25FN4O3. The average Bonchev–Trinajstić information content (AvgIpc) is 3.20. The van der Waals surface area contributed by atoms with Crippen molar-refractivity contribution in [3.8, 4) is 11.4 Å². The lowest BCUT2D eigenvalue weighted by molar-refractivity contribution is -0.118. The van der Waals surface area contributed by atoms with Crippen LogP contribution in [0.15, 0.2) is 72.8 Å². The zero-order chi connectivity index (χ0) is 25.4. The lowest BCUT2D eigenvalue weighted by Crippen LogP contribution is -2.50. The summed E-state index contributed by atoms with van der Waals surface area (Å²) in [6, 6.07) is 20.1. The predicted octanol–water partition coefficient (Wildman–Crippen LogP) is 4.52. The summed E-state index contributed by atoms with van der Waals surface area (Å²) in [6.07, 6.45) is 0. The first kappa shape index (κ1) is 23.3. The van der Waals surface area contributed by atoms with E-state index in [-0.39, 0.29) is 5.75 Å². The number of aromatic nitrogens is 2. The first-order chi connectivity index (χ1) is 17.4. The number of para-hydroxylation sites is 1. The second kappa shape index (κ2) is 9.30. The van der Waals surface area contributed by atoms with Gasteiger partial charge in [-0.15, -0.1) is 0 Å². The Labute approximate surface area is 207 Å². The molecule has 2 atom stereocenters. The number of anilines is 1. The Balaban J connectivity index is 1.64. The quantitative estimate of drug-likeness (QED) is 0.436. The highest BCUT2D eigenvalue weighted by Crippen LogP contribution is 2.41. The van der Waals surface area contributed by atoms with Crippen LogP contribution in [0.25, 0.3) is 5.69 Å². The number of carbonyl (C=O) groups is 2. The molecule has 0 bridgehead atoms. The van der Waals surface area contributed by atoms with E-state index < -0.39 is 29.6 Å². The van der Waals surface area contributed by atoms with Gasteiger partial charge in [-0.05, 0) is 55.8 Å². The van der Waals surface area contributed by atoms with Crippen molar-refractivity contribution >= 4 is 17.6 Å².